The first-order chi connectivity index (χ1) is 9.61. The van der Waals surface area contributed by atoms with Crippen molar-refractivity contribution in [1.82, 2.24) is 4.90 Å². The zero-order valence-electron chi connectivity index (χ0n) is 12.2. The predicted octanol–water partition coefficient (Wildman–Crippen LogP) is 3.34. The smallest absolute Gasteiger partial charge is 0.374 e. The van der Waals surface area contributed by atoms with E-state index in [1.54, 1.807) is 4.90 Å². The topological polar surface area (TPSA) is 29.5 Å². The van der Waals surface area contributed by atoms with Gasteiger partial charge in [0.2, 0.25) is 0 Å². The van der Waals surface area contributed by atoms with E-state index in [4.69, 9.17) is 4.74 Å². The van der Waals surface area contributed by atoms with Crippen LogP contribution >= 0.6 is 0 Å². The van der Waals surface area contributed by atoms with Crippen molar-refractivity contribution in [3.63, 3.8) is 0 Å². The Labute approximate surface area is 121 Å². The molecule has 0 aromatic heterocycles. The molecule has 1 fully saturated rings. The van der Waals surface area contributed by atoms with Gasteiger partial charge in [0.05, 0.1) is 23.8 Å². The van der Waals surface area contributed by atoms with E-state index in [0.29, 0.717) is 13.2 Å². The van der Waals surface area contributed by atoms with E-state index >= 15 is 0 Å². The van der Waals surface area contributed by atoms with Gasteiger partial charge in [-0.1, -0.05) is 0 Å². The van der Waals surface area contributed by atoms with E-state index in [-0.39, 0.29) is 17.6 Å². The van der Waals surface area contributed by atoms with Gasteiger partial charge in [0, 0.05) is 12.1 Å². The van der Waals surface area contributed by atoms with Gasteiger partial charge < -0.3 is 9.64 Å². The monoisotopic (exact) mass is 301 g/mol. The Balaban J connectivity index is 2.23. The number of carbonyl (C=O) groups excluding carboxylic acids is 1. The highest BCUT2D eigenvalue weighted by Crippen LogP contribution is 2.30. The molecule has 2 rings (SSSR count). The average molecular weight is 301 g/mol. The van der Waals surface area contributed by atoms with E-state index < -0.39 is 17.3 Å². The Hall–Kier alpha value is -1.56. The lowest BCUT2D eigenvalue weighted by atomic mass is 9.99. The fourth-order valence-electron chi connectivity index (χ4n) is 2.30. The van der Waals surface area contributed by atoms with Gasteiger partial charge in [-0.05, 0) is 45.0 Å². The Kier molecular flexibility index (Phi) is 4.02. The summed E-state index contributed by atoms with van der Waals surface area (Å²) in [6.45, 7) is 6.44. The molecule has 0 aliphatic carbocycles. The number of alkyl halides is 3. The summed E-state index contributed by atoms with van der Waals surface area (Å²) in [6, 6.07) is 4.32. The fourth-order valence-corrected chi connectivity index (χ4v) is 2.30. The maximum Gasteiger partial charge on any atom is 0.416 e. The van der Waals surface area contributed by atoms with E-state index in [2.05, 4.69) is 0 Å². The summed E-state index contributed by atoms with van der Waals surface area (Å²) >= 11 is 0. The lowest BCUT2D eigenvalue weighted by Crippen LogP contribution is -2.57. The minimum absolute atomic E-state index is 0.0866. The lowest BCUT2D eigenvalue weighted by molar-refractivity contribution is -0.137. The van der Waals surface area contributed by atoms with Crippen LogP contribution in [-0.4, -0.2) is 35.6 Å². The van der Waals surface area contributed by atoms with Crippen LogP contribution in [0.15, 0.2) is 24.3 Å². The van der Waals surface area contributed by atoms with E-state index in [0.717, 1.165) is 12.1 Å². The standard InChI is InChI=1S/C15H18F3NO2/c1-10-8-19(14(2,3)9-21-10)13(20)11-4-6-12(7-5-11)15(16,17)18/h4-7,10H,8-9H2,1-3H3/t10-/m0/s1. The molecule has 1 heterocycles. The number of halogens is 3. The summed E-state index contributed by atoms with van der Waals surface area (Å²) < 4.78 is 43.1. The van der Waals surface area contributed by atoms with Crippen molar-refractivity contribution in [2.24, 2.45) is 0 Å². The molecule has 1 aromatic carbocycles. The van der Waals surface area contributed by atoms with Crippen molar-refractivity contribution in [2.75, 3.05) is 13.2 Å². The molecular weight excluding hydrogens is 283 g/mol. The van der Waals surface area contributed by atoms with Crippen LogP contribution < -0.4 is 0 Å². The number of benzene rings is 1. The maximum atomic E-state index is 12.5. The van der Waals surface area contributed by atoms with Crippen molar-refractivity contribution in [1.29, 1.82) is 0 Å². The van der Waals surface area contributed by atoms with Crippen molar-refractivity contribution in [3.05, 3.63) is 35.4 Å². The second-order valence-electron chi connectivity index (χ2n) is 5.92. The number of carbonyl (C=O) groups is 1. The first-order valence-electron chi connectivity index (χ1n) is 6.72. The summed E-state index contributed by atoms with van der Waals surface area (Å²) in [6.07, 6.45) is -4.48. The van der Waals surface area contributed by atoms with Crippen molar-refractivity contribution < 1.29 is 22.7 Å². The number of ether oxygens (including phenoxy) is 1. The Morgan fingerprint density at radius 1 is 1.29 bits per heavy atom. The van der Waals surface area contributed by atoms with E-state index in [1.165, 1.54) is 12.1 Å². The SMILES string of the molecule is C[C@H]1CN(C(=O)c2ccc(C(F)(F)F)cc2)C(C)(C)CO1. The van der Waals surface area contributed by atoms with Crippen molar-refractivity contribution in [2.45, 2.75) is 38.6 Å². The quantitative estimate of drug-likeness (QED) is 0.796. The molecule has 1 aliphatic rings. The second-order valence-corrected chi connectivity index (χ2v) is 5.92. The first kappa shape index (κ1) is 15.8. The van der Waals surface area contributed by atoms with Crippen LogP contribution in [0.25, 0.3) is 0 Å². The molecule has 0 N–H and O–H groups in total. The van der Waals surface area contributed by atoms with Gasteiger partial charge in [-0.15, -0.1) is 0 Å². The van der Waals surface area contributed by atoms with Crippen LogP contribution in [-0.2, 0) is 10.9 Å². The molecule has 1 saturated heterocycles. The third kappa shape index (κ3) is 3.37. The molecule has 116 valence electrons. The predicted molar refractivity (Wildman–Crippen MR) is 72.0 cm³/mol. The van der Waals surface area contributed by atoms with E-state index in [1.807, 2.05) is 20.8 Å². The molecular formula is C15H18F3NO2. The summed E-state index contributed by atoms with van der Waals surface area (Å²) in [5.41, 5.74) is -0.981. The van der Waals surface area contributed by atoms with Crippen LogP contribution in [0.1, 0.15) is 36.7 Å². The van der Waals surface area contributed by atoms with Gasteiger partial charge in [-0.2, -0.15) is 13.2 Å². The molecule has 0 spiro atoms. The molecule has 0 saturated carbocycles. The van der Waals surface area contributed by atoms with Crippen LogP contribution in [0.4, 0.5) is 13.2 Å². The highest BCUT2D eigenvalue weighted by atomic mass is 19.4. The maximum absolute atomic E-state index is 12.5. The normalized spacial score (nSPS) is 22.2. The molecule has 0 unspecified atom stereocenters. The molecule has 1 amide bonds. The number of amides is 1. The molecule has 3 nitrogen and oxygen atoms in total. The third-order valence-corrected chi connectivity index (χ3v) is 3.60. The van der Waals surface area contributed by atoms with Crippen LogP contribution in [0.3, 0.4) is 0 Å². The molecule has 0 bridgehead atoms. The van der Waals surface area contributed by atoms with Gasteiger partial charge in [-0.25, -0.2) is 0 Å². The molecule has 1 atom stereocenters. The van der Waals surface area contributed by atoms with Crippen molar-refractivity contribution >= 4 is 5.91 Å². The van der Waals surface area contributed by atoms with E-state index in [9.17, 15) is 18.0 Å². The van der Waals surface area contributed by atoms with Gasteiger partial charge in [0.15, 0.2) is 0 Å². The van der Waals surface area contributed by atoms with Crippen LogP contribution in [0.5, 0.6) is 0 Å². The first-order valence-corrected chi connectivity index (χ1v) is 6.72. The summed E-state index contributed by atoms with van der Waals surface area (Å²) in [4.78, 5) is 14.2. The summed E-state index contributed by atoms with van der Waals surface area (Å²) in [5, 5.41) is 0. The minimum Gasteiger partial charge on any atom is -0.374 e. The van der Waals surface area contributed by atoms with Crippen molar-refractivity contribution in [3.8, 4) is 0 Å². The summed E-state index contributed by atoms with van der Waals surface area (Å²) in [7, 11) is 0. The molecule has 21 heavy (non-hydrogen) atoms. The highest BCUT2D eigenvalue weighted by Gasteiger charge is 2.37. The third-order valence-electron chi connectivity index (χ3n) is 3.60. The minimum atomic E-state index is -4.39. The highest BCUT2D eigenvalue weighted by molar-refractivity contribution is 5.94. The molecule has 1 aromatic rings. The second kappa shape index (κ2) is 5.33. The van der Waals surface area contributed by atoms with Gasteiger partial charge in [0.1, 0.15) is 0 Å². The molecule has 6 heteroatoms. The average Bonchev–Trinajstić information content (AvgIpc) is 2.40. The van der Waals surface area contributed by atoms with Gasteiger partial charge in [-0.3, -0.25) is 4.79 Å². The molecule has 1 aliphatic heterocycles. The Morgan fingerprint density at radius 2 is 1.86 bits per heavy atom. The number of hydrogen-bond donors (Lipinski definition) is 0. The summed E-state index contributed by atoms with van der Waals surface area (Å²) in [5.74, 6) is -0.274. The van der Waals surface area contributed by atoms with Gasteiger partial charge in [0.25, 0.3) is 5.91 Å². The largest absolute Gasteiger partial charge is 0.416 e. The van der Waals surface area contributed by atoms with Crippen LogP contribution in [0, 0.1) is 0 Å². The zero-order valence-corrected chi connectivity index (χ0v) is 12.2. The number of nitrogens with zero attached hydrogens (tertiary/aromatic N) is 1. The lowest BCUT2D eigenvalue weighted by Gasteiger charge is -2.44. The number of rotatable bonds is 1. The zero-order chi connectivity index (χ0) is 15.8. The fraction of sp³-hybridized carbons (Fsp3) is 0.533. The van der Waals surface area contributed by atoms with Crippen LogP contribution in [0.2, 0.25) is 0 Å². The van der Waals surface area contributed by atoms with Gasteiger partial charge >= 0.3 is 6.18 Å². The Bertz CT molecular complexity index is 523. The number of morpholine rings is 1. The Morgan fingerprint density at radius 3 is 2.38 bits per heavy atom. The molecule has 0 radical (unpaired) electrons. The number of hydrogen-bond acceptors (Lipinski definition) is 2.